The molecule has 1 atom stereocenters. The van der Waals surface area contributed by atoms with E-state index in [4.69, 9.17) is 9.47 Å². The zero-order valence-corrected chi connectivity index (χ0v) is 19.2. The molecule has 0 amide bonds. The molecule has 3 aliphatic rings. The summed E-state index contributed by atoms with van der Waals surface area (Å²) in [4.78, 5) is 7.18. The van der Waals surface area contributed by atoms with Crippen molar-refractivity contribution in [2.24, 2.45) is 0 Å². The smallest absolute Gasteiger partial charge is 0.258 e. The van der Waals surface area contributed by atoms with E-state index in [1.54, 1.807) is 0 Å². The summed E-state index contributed by atoms with van der Waals surface area (Å²) >= 11 is 0. The SMILES string of the molecule is CCc1ccc2c(n1)O[C@@H](c1ccc(CN3CCC4(CC3)CNc3ccccc34)cc1)CO2. The van der Waals surface area contributed by atoms with Gasteiger partial charge in [0, 0.05) is 29.9 Å². The predicted octanol–water partition coefficient (Wildman–Crippen LogP) is 5.12. The van der Waals surface area contributed by atoms with E-state index in [-0.39, 0.29) is 6.10 Å². The first-order chi connectivity index (χ1) is 16.2. The molecule has 1 spiro atoms. The summed E-state index contributed by atoms with van der Waals surface area (Å²) in [5, 5.41) is 3.63. The molecule has 1 fully saturated rings. The monoisotopic (exact) mass is 441 g/mol. The summed E-state index contributed by atoms with van der Waals surface area (Å²) in [5.74, 6) is 1.35. The molecule has 0 saturated carbocycles. The van der Waals surface area contributed by atoms with Gasteiger partial charge in [0.2, 0.25) is 0 Å². The summed E-state index contributed by atoms with van der Waals surface area (Å²) in [7, 11) is 0. The third-order valence-electron chi connectivity index (χ3n) is 7.58. The molecular formula is C28H31N3O2. The minimum atomic E-state index is -0.115. The molecule has 0 unspecified atom stereocenters. The second kappa shape index (κ2) is 8.38. The van der Waals surface area contributed by atoms with Crippen molar-refractivity contribution in [3.05, 3.63) is 83.0 Å². The highest BCUT2D eigenvalue weighted by atomic mass is 16.6. The van der Waals surface area contributed by atoms with Gasteiger partial charge in [-0.05, 0) is 67.2 Å². The number of piperidine rings is 1. The van der Waals surface area contributed by atoms with Gasteiger partial charge < -0.3 is 14.8 Å². The van der Waals surface area contributed by atoms with Crippen molar-refractivity contribution in [1.82, 2.24) is 9.88 Å². The fraction of sp³-hybridized carbons (Fsp3) is 0.393. The zero-order valence-electron chi connectivity index (χ0n) is 19.2. The van der Waals surface area contributed by atoms with Gasteiger partial charge in [-0.2, -0.15) is 0 Å². The van der Waals surface area contributed by atoms with Crippen molar-refractivity contribution >= 4 is 5.69 Å². The molecule has 4 heterocycles. The van der Waals surface area contributed by atoms with Crippen LogP contribution in [0.1, 0.15) is 48.3 Å². The van der Waals surface area contributed by atoms with E-state index in [9.17, 15) is 0 Å². The number of likely N-dealkylation sites (tertiary alicyclic amines) is 1. The van der Waals surface area contributed by atoms with Crippen LogP contribution in [0.25, 0.3) is 0 Å². The summed E-state index contributed by atoms with van der Waals surface area (Å²) in [6, 6.07) is 21.6. The van der Waals surface area contributed by atoms with Crippen molar-refractivity contribution < 1.29 is 9.47 Å². The number of hydrogen-bond acceptors (Lipinski definition) is 5. The number of benzene rings is 2. The minimum Gasteiger partial charge on any atom is -0.484 e. The minimum absolute atomic E-state index is 0.115. The van der Waals surface area contributed by atoms with E-state index in [1.165, 1.54) is 29.7 Å². The molecule has 1 saturated heterocycles. The molecule has 5 nitrogen and oxygen atoms in total. The lowest BCUT2D eigenvalue weighted by atomic mass is 9.74. The number of hydrogen-bond donors (Lipinski definition) is 1. The topological polar surface area (TPSA) is 46.6 Å². The number of para-hydroxylation sites is 1. The number of pyridine rings is 1. The number of nitrogens with one attached hydrogen (secondary N) is 1. The summed E-state index contributed by atoms with van der Waals surface area (Å²) in [6.07, 6.45) is 3.20. The van der Waals surface area contributed by atoms with Crippen molar-refractivity contribution in [3.63, 3.8) is 0 Å². The molecule has 6 rings (SSSR count). The lowest BCUT2D eigenvalue weighted by Crippen LogP contribution is -2.43. The molecule has 3 aliphatic heterocycles. The van der Waals surface area contributed by atoms with Gasteiger partial charge in [-0.3, -0.25) is 4.90 Å². The van der Waals surface area contributed by atoms with Gasteiger partial charge >= 0.3 is 0 Å². The molecule has 170 valence electrons. The number of rotatable bonds is 4. The van der Waals surface area contributed by atoms with Gasteiger partial charge in [0.1, 0.15) is 6.61 Å². The molecule has 0 radical (unpaired) electrons. The van der Waals surface area contributed by atoms with Crippen LogP contribution in [0.15, 0.2) is 60.7 Å². The fourth-order valence-corrected chi connectivity index (χ4v) is 5.50. The highest BCUT2D eigenvalue weighted by molar-refractivity contribution is 5.60. The van der Waals surface area contributed by atoms with E-state index >= 15 is 0 Å². The van der Waals surface area contributed by atoms with Crippen LogP contribution in [0.4, 0.5) is 5.69 Å². The first-order valence-corrected chi connectivity index (χ1v) is 12.2. The van der Waals surface area contributed by atoms with Crippen LogP contribution >= 0.6 is 0 Å². The maximum Gasteiger partial charge on any atom is 0.258 e. The van der Waals surface area contributed by atoms with Crippen molar-refractivity contribution in [1.29, 1.82) is 0 Å². The average molecular weight is 442 g/mol. The Labute approximate surface area is 195 Å². The maximum absolute atomic E-state index is 6.18. The lowest BCUT2D eigenvalue weighted by Gasteiger charge is -2.39. The maximum atomic E-state index is 6.18. The first kappa shape index (κ1) is 20.5. The highest BCUT2D eigenvalue weighted by Gasteiger charge is 2.41. The number of ether oxygens (including phenoxy) is 2. The van der Waals surface area contributed by atoms with Crippen LogP contribution in [0.3, 0.4) is 0 Å². The average Bonchev–Trinajstić information content (AvgIpc) is 3.23. The van der Waals surface area contributed by atoms with Crippen LogP contribution in [0, 0.1) is 0 Å². The van der Waals surface area contributed by atoms with E-state index in [0.717, 1.165) is 49.6 Å². The Morgan fingerprint density at radius 3 is 2.67 bits per heavy atom. The van der Waals surface area contributed by atoms with Gasteiger partial charge in [0.15, 0.2) is 11.9 Å². The number of aromatic nitrogens is 1. The quantitative estimate of drug-likeness (QED) is 0.609. The van der Waals surface area contributed by atoms with Crippen molar-refractivity contribution in [2.45, 2.75) is 44.2 Å². The summed E-state index contributed by atoms with van der Waals surface area (Å²) < 4.78 is 12.1. The number of nitrogens with zero attached hydrogens (tertiary/aromatic N) is 2. The molecular weight excluding hydrogens is 410 g/mol. The van der Waals surface area contributed by atoms with E-state index in [0.29, 0.717) is 17.9 Å². The Balaban J connectivity index is 1.08. The summed E-state index contributed by atoms with van der Waals surface area (Å²) in [5.41, 5.74) is 6.68. The van der Waals surface area contributed by atoms with Gasteiger partial charge in [-0.1, -0.05) is 49.4 Å². The molecule has 2 aromatic carbocycles. The third kappa shape index (κ3) is 3.84. The third-order valence-corrected chi connectivity index (χ3v) is 7.58. The molecule has 1 N–H and O–H groups in total. The number of aryl methyl sites for hydroxylation is 1. The largest absolute Gasteiger partial charge is 0.484 e. The second-order valence-corrected chi connectivity index (χ2v) is 9.57. The van der Waals surface area contributed by atoms with Gasteiger partial charge in [-0.25, -0.2) is 4.98 Å². The number of fused-ring (bicyclic) bond motifs is 3. The van der Waals surface area contributed by atoms with E-state index < -0.39 is 0 Å². The van der Waals surface area contributed by atoms with Crippen LogP contribution < -0.4 is 14.8 Å². The van der Waals surface area contributed by atoms with Gasteiger partial charge in [-0.15, -0.1) is 0 Å². The predicted molar refractivity (Wildman–Crippen MR) is 130 cm³/mol. The van der Waals surface area contributed by atoms with E-state index in [1.807, 2.05) is 12.1 Å². The molecule has 0 aliphatic carbocycles. The van der Waals surface area contributed by atoms with Crippen molar-refractivity contribution in [2.75, 3.05) is 31.6 Å². The lowest BCUT2D eigenvalue weighted by molar-refractivity contribution is 0.0847. The highest BCUT2D eigenvalue weighted by Crippen LogP contribution is 2.44. The van der Waals surface area contributed by atoms with E-state index in [2.05, 4.69) is 70.7 Å². The fourth-order valence-electron chi connectivity index (χ4n) is 5.50. The second-order valence-electron chi connectivity index (χ2n) is 9.57. The Morgan fingerprint density at radius 1 is 1.03 bits per heavy atom. The number of anilines is 1. The molecule has 3 aromatic rings. The molecule has 1 aromatic heterocycles. The standard InChI is InChI=1S/C28H31N3O2/c1-2-22-11-12-25-27(30-22)33-26(18-32-25)21-9-7-20(8-10-21)17-31-15-13-28(14-16-31)19-29-24-6-4-3-5-23(24)28/h3-12,26,29H,2,13-19H2,1H3/t26-/m1/s1. The van der Waals surface area contributed by atoms with Gasteiger partial charge in [0.25, 0.3) is 5.88 Å². The normalized spacial score (nSPS) is 20.9. The molecule has 5 heteroatoms. The van der Waals surface area contributed by atoms with Crippen molar-refractivity contribution in [3.8, 4) is 11.6 Å². The van der Waals surface area contributed by atoms with Crippen LogP contribution in [-0.2, 0) is 18.4 Å². The molecule has 33 heavy (non-hydrogen) atoms. The Morgan fingerprint density at radius 2 is 1.85 bits per heavy atom. The first-order valence-electron chi connectivity index (χ1n) is 12.2. The van der Waals surface area contributed by atoms with Crippen LogP contribution in [0.5, 0.6) is 11.6 Å². The molecule has 0 bridgehead atoms. The van der Waals surface area contributed by atoms with Gasteiger partial charge in [0.05, 0.1) is 0 Å². The van der Waals surface area contributed by atoms with Crippen LogP contribution in [0.2, 0.25) is 0 Å². The Kier molecular flexibility index (Phi) is 5.22. The Hall–Kier alpha value is -3.05. The van der Waals surface area contributed by atoms with Crippen LogP contribution in [-0.4, -0.2) is 36.1 Å². The zero-order chi connectivity index (χ0) is 22.3. The Bertz CT molecular complexity index is 1140. The summed E-state index contributed by atoms with van der Waals surface area (Å²) in [6.45, 7) is 6.97.